The number of anilines is 1. The first-order valence-corrected chi connectivity index (χ1v) is 9.61. The van der Waals surface area contributed by atoms with Crippen molar-refractivity contribution in [2.75, 3.05) is 31.8 Å². The molecule has 1 saturated heterocycles. The molecule has 29 heavy (non-hydrogen) atoms. The Morgan fingerprint density at radius 2 is 1.86 bits per heavy atom. The van der Waals surface area contributed by atoms with Gasteiger partial charge < -0.3 is 23.7 Å². The van der Waals surface area contributed by atoms with E-state index in [9.17, 15) is 4.79 Å². The highest BCUT2D eigenvalue weighted by Gasteiger charge is 2.33. The minimum Gasteiger partial charge on any atom is -0.496 e. The van der Waals surface area contributed by atoms with Gasteiger partial charge in [-0.1, -0.05) is 18.2 Å². The van der Waals surface area contributed by atoms with Gasteiger partial charge in [0, 0.05) is 37.1 Å². The van der Waals surface area contributed by atoms with Gasteiger partial charge in [0.25, 0.3) is 0 Å². The van der Waals surface area contributed by atoms with E-state index in [-0.39, 0.29) is 11.9 Å². The van der Waals surface area contributed by atoms with Crippen LogP contribution in [-0.4, -0.2) is 42.3 Å². The number of methoxy groups -OCH3 is 1. The van der Waals surface area contributed by atoms with E-state index in [0.29, 0.717) is 43.4 Å². The Labute approximate surface area is 168 Å². The third-order valence-electron chi connectivity index (χ3n) is 5.34. The molecule has 0 saturated carbocycles. The van der Waals surface area contributed by atoms with Crippen molar-refractivity contribution in [1.82, 2.24) is 9.55 Å². The minimum absolute atomic E-state index is 0.0156. The maximum atomic E-state index is 12.7. The van der Waals surface area contributed by atoms with Crippen LogP contribution in [0.1, 0.15) is 12.5 Å². The van der Waals surface area contributed by atoms with Crippen LogP contribution in [0.2, 0.25) is 0 Å². The number of carbonyl (C=O) groups excluding carboxylic acids is 1. The number of ether oxygens (including phenoxy) is 3. The SMILES string of the molecule is COc1cc2c(cc1-c1nccn1C1CC(=O)N(c3ccccc3)C1)OCCO2. The molecule has 0 N–H and O–H groups in total. The summed E-state index contributed by atoms with van der Waals surface area (Å²) in [4.78, 5) is 19.1. The first kappa shape index (κ1) is 17.6. The highest BCUT2D eigenvalue weighted by Crippen LogP contribution is 2.42. The van der Waals surface area contributed by atoms with E-state index >= 15 is 0 Å². The molecule has 3 heterocycles. The van der Waals surface area contributed by atoms with E-state index < -0.39 is 0 Å². The van der Waals surface area contributed by atoms with Crippen molar-refractivity contribution >= 4 is 11.6 Å². The number of rotatable bonds is 4. The Hall–Kier alpha value is -3.48. The summed E-state index contributed by atoms with van der Waals surface area (Å²) in [6, 6.07) is 13.5. The summed E-state index contributed by atoms with van der Waals surface area (Å²) >= 11 is 0. The first-order valence-electron chi connectivity index (χ1n) is 9.61. The topological polar surface area (TPSA) is 65.8 Å². The van der Waals surface area contributed by atoms with Gasteiger partial charge in [-0.2, -0.15) is 0 Å². The average molecular weight is 391 g/mol. The Balaban J connectivity index is 1.50. The molecule has 1 fully saturated rings. The number of hydrogen-bond acceptors (Lipinski definition) is 5. The number of para-hydroxylation sites is 1. The summed E-state index contributed by atoms with van der Waals surface area (Å²) < 4.78 is 19.0. The van der Waals surface area contributed by atoms with Crippen molar-refractivity contribution in [2.24, 2.45) is 0 Å². The average Bonchev–Trinajstić information content (AvgIpc) is 3.40. The van der Waals surface area contributed by atoms with E-state index in [1.165, 1.54) is 0 Å². The smallest absolute Gasteiger partial charge is 0.229 e. The predicted molar refractivity (Wildman–Crippen MR) is 108 cm³/mol. The molecule has 1 atom stereocenters. The van der Waals surface area contributed by atoms with Crippen LogP contribution in [0, 0.1) is 0 Å². The van der Waals surface area contributed by atoms with Crippen molar-refractivity contribution in [2.45, 2.75) is 12.5 Å². The zero-order valence-corrected chi connectivity index (χ0v) is 16.1. The number of nitrogens with zero attached hydrogens (tertiary/aromatic N) is 3. The molecule has 0 aliphatic carbocycles. The lowest BCUT2D eigenvalue weighted by Gasteiger charge is -2.22. The van der Waals surface area contributed by atoms with E-state index in [1.54, 1.807) is 13.3 Å². The fourth-order valence-electron chi connectivity index (χ4n) is 3.96. The molecule has 2 aromatic carbocycles. The number of benzene rings is 2. The second-order valence-corrected chi connectivity index (χ2v) is 7.05. The van der Waals surface area contributed by atoms with Crippen LogP contribution < -0.4 is 19.1 Å². The van der Waals surface area contributed by atoms with Crippen LogP contribution in [0.3, 0.4) is 0 Å². The Bertz CT molecular complexity index is 1050. The first-order chi connectivity index (χ1) is 14.2. The zero-order valence-electron chi connectivity index (χ0n) is 16.1. The van der Waals surface area contributed by atoms with E-state index in [0.717, 1.165) is 17.1 Å². The predicted octanol–water partition coefficient (Wildman–Crippen LogP) is 3.31. The van der Waals surface area contributed by atoms with Crippen molar-refractivity contribution in [3.63, 3.8) is 0 Å². The van der Waals surface area contributed by atoms with Gasteiger partial charge >= 0.3 is 0 Å². The highest BCUT2D eigenvalue weighted by atomic mass is 16.6. The van der Waals surface area contributed by atoms with Gasteiger partial charge in [-0.05, 0) is 18.2 Å². The molecule has 1 amide bonds. The molecule has 7 heteroatoms. The second-order valence-electron chi connectivity index (χ2n) is 7.05. The van der Waals surface area contributed by atoms with Crippen molar-refractivity contribution in [1.29, 1.82) is 0 Å². The van der Waals surface area contributed by atoms with Gasteiger partial charge in [-0.25, -0.2) is 4.98 Å². The van der Waals surface area contributed by atoms with Crippen LogP contribution in [0.15, 0.2) is 54.9 Å². The molecule has 2 aliphatic heterocycles. The summed E-state index contributed by atoms with van der Waals surface area (Å²) in [5.41, 5.74) is 1.73. The number of fused-ring (bicyclic) bond motifs is 1. The molecule has 148 valence electrons. The molecule has 0 spiro atoms. The Morgan fingerprint density at radius 3 is 2.62 bits per heavy atom. The molecule has 2 aliphatic rings. The number of carbonyl (C=O) groups is 1. The van der Waals surface area contributed by atoms with Gasteiger partial charge in [0.1, 0.15) is 24.8 Å². The number of aromatic nitrogens is 2. The zero-order chi connectivity index (χ0) is 19.8. The fraction of sp³-hybridized carbons (Fsp3) is 0.273. The van der Waals surface area contributed by atoms with E-state index in [4.69, 9.17) is 14.2 Å². The normalized spacial score (nSPS) is 18.2. The molecule has 7 nitrogen and oxygen atoms in total. The van der Waals surface area contributed by atoms with Crippen molar-refractivity contribution in [3.8, 4) is 28.6 Å². The van der Waals surface area contributed by atoms with Crippen LogP contribution >= 0.6 is 0 Å². The molecular weight excluding hydrogens is 370 g/mol. The molecule has 5 rings (SSSR count). The Morgan fingerprint density at radius 1 is 1.10 bits per heavy atom. The molecule has 1 aromatic heterocycles. The van der Waals surface area contributed by atoms with Crippen LogP contribution in [0.4, 0.5) is 5.69 Å². The molecule has 3 aromatic rings. The molecule has 0 radical (unpaired) electrons. The lowest BCUT2D eigenvalue weighted by atomic mass is 10.1. The number of hydrogen-bond donors (Lipinski definition) is 0. The van der Waals surface area contributed by atoms with Gasteiger partial charge in [0.2, 0.25) is 5.91 Å². The molecular formula is C22H21N3O4. The van der Waals surface area contributed by atoms with E-state index in [1.807, 2.05) is 53.6 Å². The standard InChI is InChI=1S/C22H21N3O4/c1-27-18-13-20-19(28-9-10-29-20)12-17(18)22-23-7-8-24(22)16-11-21(26)25(14-16)15-5-3-2-4-6-15/h2-8,12-13,16H,9-11,14H2,1H3. The van der Waals surface area contributed by atoms with Gasteiger partial charge in [-0.3, -0.25) is 4.79 Å². The maximum absolute atomic E-state index is 12.7. The van der Waals surface area contributed by atoms with Crippen LogP contribution in [0.5, 0.6) is 17.2 Å². The lowest BCUT2D eigenvalue weighted by molar-refractivity contribution is -0.117. The monoisotopic (exact) mass is 391 g/mol. The summed E-state index contributed by atoms with van der Waals surface area (Å²) in [5, 5.41) is 0. The van der Waals surface area contributed by atoms with Crippen molar-refractivity contribution < 1.29 is 19.0 Å². The number of amides is 1. The van der Waals surface area contributed by atoms with E-state index in [2.05, 4.69) is 9.55 Å². The summed E-state index contributed by atoms with van der Waals surface area (Å²) in [6.45, 7) is 1.62. The number of imidazole rings is 1. The fourth-order valence-corrected chi connectivity index (χ4v) is 3.96. The quantitative estimate of drug-likeness (QED) is 0.683. The highest BCUT2D eigenvalue weighted by molar-refractivity contribution is 5.96. The third-order valence-corrected chi connectivity index (χ3v) is 5.34. The third kappa shape index (κ3) is 3.08. The second kappa shape index (κ2) is 7.16. The lowest BCUT2D eigenvalue weighted by Crippen LogP contribution is -2.24. The van der Waals surface area contributed by atoms with Crippen LogP contribution in [-0.2, 0) is 4.79 Å². The summed E-state index contributed by atoms with van der Waals surface area (Å²) in [7, 11) is 1.62. The van der Waals surface area contributed by atoms with Gasteiger partial charge in [0.15, 0.2) is 11.5 Å². The summed E-state index contributed by atoms with van der Waals surface area (Å²) in [5.74, 6) is 2.85. The van der Waals surface area contributed by atoms with Gasteiger partial charge in [0.05, 0.1) is 18.7 Å². The van der Waals surface area contributed by atoms with Crippen LogP contribution in [0.25, 0.3) is 11.4 Å². The maximum Gasteiger partial charge on any atom is 0.229 e. The van der Waals surface area contributed by atoms with Crippen molar-refractivity contribution in [3.05, 3.63) is 54.9 Å². The molecule has 1 unspecified atom stereocenters. The van der Waals surface area contributed by atoms with Gasteiger partial charge in [-0.15, -0.1) is 0 Å². The Kier molecular flexibility index (Phi) is 4.35. The largest absolute Gasteiger partial charge is 0.496 e. The molecule has 0 bridgehead atoms. The summed E-state index contributed by atoms with van der Waals surface area (Å²) in [6.07, 6.45) is 4.09. The minimum atomic E-state index is -0.0156.